The summed E-state index contributed by atoms with van der Waals surface area (Å²) in [6.45, 7) is 2.01. The van der Waals surface area contributed by atoms with Crippen LogP contribution in [0.15, 0.2) is 60.7 Å². The highest BCUT2D eigenvalue weighted by molar-refractivity contribution is 5.87. The maximum absolute atomic E-state index is 11.1. The SMILES string of the molecule is C/C=C/c1ccc(/C=C/c2ccc(/C=C/C(=O)OC)cc2)cc1. The van der Waals surface area contributed by atoms with Crippen molar-refractivity contribution in [2.24, 2.45) is 0 Å². The van der Waals surface area contributed by atoms with Crippen molar-refractivity contribution in [3.8, 4) is 0 Å². The molecule has 23 heavy (non-hydrogen) atoms. The minimum absolute atomic E-state index is 0.352. The Bertz CT molecular complexity index is 717. The van der Waals surface area contributed by atoms with Crippen LogP contribution in [0, 0.1) is 0 Å². The molecule has 2 heteroatoms. The molecule has 0 fully saturated rings. The summed E-state index contributed by atoms with van der Waals surface area (Å²) >= 11 is 0. The summed E-state index contributed by atoms with van der Waals surface area (Å²) in [4.78, 5) is 11.1. The van der Waals surface area contributed by atoms with Gasteiger partial charge in [-0.15, -0.1) is 0 Å². The number of rotatable bonds is 5. The first kappa shape index (κ1) is 16.5. The van der Waals surface area contributed by atoms with Crippen LogP contribution in [0.2, 0.25) is 0 Å². The van der Waals surface area contributed by atoms with E-state index in [1.165, 1.54) is 18.7 Å². The maximum Gasteiger partial charge on any atom is 0.330 e. The van der Waals surface area contributed by atoms with Gasteiger partial charge < -0.3 is 4.74 Å². The van der Waals surface area contributed by atoms with Crippen molar-refractivity contribution >= 4 is 30.3 Å². The van der Waals surface area contributed by atoms with Gasteiger partial charge in [-0.3, -0.25) is 0 Å². The minimum Gasteiger partial charge on any atom is -0.466 e. The van der Waals surface area contributed by atoms with Crippen LogP contribution in [0.4, 0.5) is 0 Å². The Morgan fingerprint density at radius 3 is 1.52 bits per heavy atom. The molecule has 0 aliphatic rings. The molecule has 2 aromatic carbocycles. The summed E-state index contributed by atoms with van der Waals surface area (Å²) in [6, 6.07) is 16.4. The normalized spacial score (nSPS) is 11.6. The predicted molar refractivity (Wildman–Crippen MR) is 97.6 cm³/mol. The third-order valence-corrected chi connectivity index (χ3v) is 3.31. The van der Waals surface area contributed by atoms with E-state index >= 15 is 0 Å². The number of allylic oxidation sites excluding steroid dienone is 1. The Kier molecular flexibility index (Phi) is 6.13. The molecular formula is C21H20O2. The molecule has 0 unspecified atom stereocenters. The molecule has 0 N–H and O–H groups in total. The van der Waals surface area contributed by atoms with Gasteiger partial charge >= 0.3 is 5.97 Å². The number of carbonyl (C=O) groups excluding carboxylic acids is 1. The lowest BCUT2D eigenvalue weighted by atomic mass is 10.1. The lowest BCUT2D eigenvalue weighted by Gasteiger charge is -1.98. The summed E-state index contributed by atoms with van der Waals surface area (Å²) in [5, 5.41) is 0. The average Bonchev–Trinajstić information content (AvgIpc) is 2.60. The van der Waals surface area contributed by atoms with Crippen LogP contribution in [0.25, 0.3) is 24.3 Å². The molecule has 0 heterocycles. The van der Waals surface area contributed by atoms with Crippen LogP contribution in [0.3, 0.4) is 0 Å². The molecule has 116 valence electrons. The molecule has 2 rings (SSSR count). The number of esters is 1. The largest absolute Gasteiger partial charge is 0.466 e. The number of hydrogen-bond donors (Lipinski definition) is 0. The van der Waals surface area contributed by atoms with Gasteiger partial charge in [0.2, 0.25) is 0 Å². The summed E-state index contributed by atoms with van der Waals surface area (Å²) in [5.41, 5.74) is 4.43. The molecule has 0 radical (unpaired) electrons. The zero-order valence-corrected chi connectivity index (χ0v) is 13.4. The summed E-state index contributed by atoms with van der Waals surface area (Å²) < 4.78 is 4.57. The lowest BCUT2D eigenvalue weighted by molar-refractivity contribution is -0.134. The Balaban J connectivity index is 2.02. The highest BCUT2D eigenvalue weighted by Crippen LogP contribution is 2.12. The van der Waals surface area contributed by atoms with Crippen LogP contribution >= 0.6 is 0 Å². The topological polar surface area (TPSA) is 26.3 Å². The molecular weight excluding hydrogens is 284 g/mol. The third kappa shape index (κ3) is 5.44. The van der Waals surface area contributed by atoms with E-state index in [4.69, 9.17) is 0 Å². The van der Waals surface area contributed by atoms with E-state index in [1.54, 1.807) is 6.08 Å². The second-order valence-corrected chi connectivity index (χ2v) is 5.02. The quantitative estimate of drug-likeness (QED) is 0.437. The Hall–Kier alpha value is -2.87. The van der Waals surface area contributed by atoms with Gasteiger partial charge in [-0.25, -0.2) is 4.79 Å². The standard InChI is InChI=1S/C21H20O2/c1-3-4-17-5-7-18(8-6-17)9-10-19-11-13-20(14-12-19)15-16-21(22)23-2/h3-16H,1-2H3/b4-3+,10-9+,16-15+. The highest BCUT2D eigenvalue weighted by Gasteiger charge is 1.93. The van der Waals surface area contributed by atoms with Crippen molar-refractivity contribution in [3.63, 3.8) is 0 Å². The highest BCUT2D eigenvalue weighted by atomic mass is 16.5. The minimum atomic E-state index is -0.352. The van der Waals surface area contributed by atoms with E-state index in [9.17, 15) is 4.79 Å². The van der Waals surface area contributed by atoms with E-state index in [2.05, 4.69) is 47.2 Å². The molecule has 2 aromatic rings. The number of carbonyl (C=O) groups is 1. The molecule has 0 amide bonds. The molecule has 0 bridgehead atoms. The van der Waals surface area contributed by atoms with Crippen LogP contribution in [-0.2, 0) is 9.53 Å². The maximum atomic E-state index is 11.1. The van der Waals surface area contributed by atoms with Crippen LogP contribution in [0.1, 0.15) is 29.2 Å². The second-order valence-electron chi connectivity index (χ2n) is 5.02. The van der Waals surface area contributed by atoms with Crippen LogP contribution < -0.4 is 0 Å². The molecule has 2 nitrogen and oxygen atoms in total. The van der Waals surface area contributed by atoms with Crippen LogP contribution in [0.5, 0.6) is 0 Å². The van der Waals surface area contributed by atoms with Gasteiger partial charge in [-0.05, 0) is 35.3 Å². The van der Waals surface area contributed by atoms with Gasteiger partial charge in [0.15, 0.2) is 0 Å². The molecule has 0 spiro atoms. The molecule has 0 saturated heterocycles. The smallest absolute Gasteiger partial charge is 0.330 e. The van der Waals surface area contributed by atoms with Gasteiger partial charge in [0.05, 0.1) is 7.11 Å². The van der Waals surface area contributed by atoms with Crippen LogP contribution in [-0.4, -0.2) is 13.1 Å². The fraction of sp³-hybridized carbons (Fsp3) is 0.0952. The zero-order valence-electron chi connectivity index (χ0n) is 13.4. The Labute approximate surface area is 137 Å². The van der Waals surface area contributed by atoms with Crippen molar-refractivity contribution < 1.29 is 9.53 Å². The van der Waals surface area contributed by atoms with E-state index in [1.807, 2.05) is 37.3 Å². The number of ether oxygens (including phenoxy) is 1. The van der Waals surface area contributed by atoms with Gasteiger partial charge in [-0.1, -0.05) is 72.8 Å². The zero-order chi connectivity index (χ0) is 16.5. The average molecular weight is 304 g/mol. The van der Waals surface area contributed by atoms with Crippen molar-refractivity contribution in [1.29, 1.82) is 0 Å². The van der Waals surface area contributed by atoms with Gasteiger partial charge in [0, 0.05) is 6.08 Å². The fourth-order valence-corrected chi connectivity index (χ4v) is 2.05. The van der Waals surface area contributed by atoms with E-state index in [0.717, 1.165) is 16.7 Å². The monoisotopic (exact) mass is 304 g/mol. The first-order chi connectivity index (χ1) is 11.2. The van der Waals surface area contributed by atoms with Gasteiger partial charge in [-0.2, -0.15) is 0 Å². The summed E-state index contributed by atoms with van der Waals surface area (Å²) in [7, 11) is 1.37. The second kappa shape index (κ2) is 8.54. The summed E-state index contributed by atoms with van der Waals surface area (Å²) in [5.74, 6) is -0.352. The molecule has 0 saturated carbocycles. The number of methoxy groups -OCH3 is 1. The van der Waals surface area contributed by atoms with Crippen molar-refractivity contribution in [2.45, 2.75) is 6.92 Å². The lowest BCUT2D eigenvalue weighted by Crippen LogP contribution is -1.93. The number of benzene rings is 2. The molecule has 0 aromatic heterocycles. The van der Waals surface area contributed by atoms with Gasteiger partial charge in [0.1, 0.15) is 0 Å². The Morgan fingerprint density at radius 2 is 1.13 bits per heavy atom. The molecule has 0 atom stereocenters. The van der Waals surface area contributed by atoms with E-state index in [-0.39, 0.29) is 5.97 Å². The van der Waals surface area contributed by atoms with E-state index in [0.29, 0.717) is 0 Å². The summed E-state index contributed by atoms with van der Waals surface area (Å²) in [6.07, 6.45) is 11.4. The first-order valence-electron chi connectivity index (χ1n) is 7.48. The predicted octanol–water partition coefficient (Wildman–Crippen LogP) is 5.08. The van der Waals surface area contributed by atoms with Crippen molar-refractivity contribution in [2.75, 3.05) is 7.11 Å². The molecule has 0 aliphatic carbocycles. The Morgan fingerprint density at radius 1 is 0.739 bits per heavy atom. The van der Waals surface area contributed by atoms with E-state index < -0.39 is 0 Å². The van der Waals surface area contributed by atoms with Crippen molar-refractivity contribution in [3.05, 3.63) is 82.9 Å². The number of hydrogen-bond acceptors (Lipinski definition) is 2. The third-order valence-electron chi connectivity index (χ3n) is 3.31. The molecule has 0 aliphatic heterocycles. The van der Waals surface area contributed by atoms with Crippen molar-refractivity contribution in [1.82, 2.24) is 0 Å². The first-order valence-corrected chi connectivity index (χ1v) is 7.48. The van der Waals surface area contributed by atoms with Gasteiger partial charge in [0.25, 0.3) is 0 Å². The fourth-order valence-electron chi connectivity index (χ4n) is 2.05.